The predicted octanol–water partition coefficient (Wildman–Crippen LogP) is 3.26. The molecule has 0 atom stereocenters. The van der Waals surface area contributed by atoms with Gasteiger partial charge in [-0.15, -0.1) is 0 Å². The van der Waals surface area contributed by atoms with Crippen LogP contribution >= 0.6 is 0 Å². The van der Waals surface area contributed by atoms with Crippen LogP contribution in [0.1, 0.15) is 27.3 Å². The minimum atomic E-state index is -0.345. The van der Waals surface area contributed by atoms with Crippen LogP contribution < -0.4 is 11.1 Å². The Labute approximate surface area is 166 Å². The number of phenolic OH excluding ortho intramolecular Hbond substituents is 1. The first kappa shape index (κ1) is 17.2. The Kier molecular flexibility index (Phi) is 3.42. The summed E-state index contributed by atoms with van der Waals surface area (Å²) in [6.45, 7) is 5.53. The highest BCUT2D eigenvalue weighted by Gasteiger charge is 2.31. The van der Waals surface area contributed by atoms with Crippen LogP contribution in [0.2, 0.25) is 0 Å². The third kappa shape index (κ3) is 2.25. The number of hydrogen-bond acceptors (Lipinski definition) is 6. The zero-order valence-electron chi connectivity index (χ0n) is 16.1. The van der Waals surface area contributed by atoms with E-state index in [-0.39, 0.29) is 17.5 Å². The fourth-order valence-electron chi connectivity index (χ4n) is 4.01. The first-order valence-electron chi connectivity index (χ1n) is 9.12. The van der Waals surface area contributed by atoms with Gasteiger partial charge in [-0.3, -0.25) is 14.3 Å². The second-order valence-corrected chi connectivity index (χ2v) is 7.16. The molecule has 0 radical (unpaired) electrons. The molecule has 3 aromatic heterocycles. The highest BCUT2D eigenvalue weighted by molar-refractivity contribution is 6.22. The molecule has 4 heterocycles. The van der Waals surface area contributed by atoms with Gasteiger partial charge >= 0.3 is 0 Å². The number of aryl methyl sites for hydroxylation is 2. The molecule has 8 nitrogen and oxygen atoms in total. The van der Waals surface area contributed by atoms with Crippen LogP contribution in [-0.2, 0) is 0 Å². The van der Waals surface area contributed by atoms with Crippen molar-refractivity contribution < 1.29 is 9.90 Å². The van der Waals surface area contributed by atoms with Crippen molar-refractivity contribution in [1.82, 2.24) is 19.5 Å². The molecule has 4 N–H and O–H groups in total. The van der Waals surface area contributed by atoms with Crippen molar-refractivity contribution in [3.63, 3.8) is 0 Å². The fourth-order valence-corrected chi connectivity index (χ4v) is 4.01. The molecule has 4 aromatic rings. The van der Waals surface area contributed by atoms with E-state index in [4.69, 9.17) is 5.73 Å². The first-order chi connectivity index (χ1) is 13.9. The van der Waals surface area contributed by atoms with Gasteiger partial charge in [0.2, 0.25) is 0 Å². The summed E-state index contributed by atoms with van der Waals surface area (Å²) in [6, 6.07) is 5.26. The van der Waals surface area contributed by atoms with E-state index >= 15 is 0 Å². The average molecular weight is 386 g/mol. The summed E-state index contributed by atoms with van der Waals surface area (Å²) in [6.07, 6.45) is 3.25. The number of fused-ring (bicyclic) bond motifs is 2. The molecule has 0 fully saturated rings. The Morgan fingerprint density at radius 2 is 1.93 bits per heavy atom. The lowest BCUT2D eigenvalue weighted by Gasteiger charge is -2.16. The van der Waals surface area contributed by atoms with Gasteiger partial charge in [-0.05, 0) is 38.5 Å². The summed E-state index contributed by atoms with van der Waals surface area (Å²) in [5.41, 5.74) is 11.6. The van der Waals surface area contributed by atoms with Crippen LogP contribution in [-0.4, -0.2) is 30.5 Å². The number of nitrogens with zero attached hydrogens (tertiary/aromatic N) is 4. The number of amides is 1. The number of nitrogens with one attached hydrogen (secondary N) is 1. The van der Waals surface area contributed by atoms with Crippen LogP contribution in [0.5, 0.6) is 5.75 Å². The van der Waals surface area contributed by atoms with Crippen molar-refractivity contribution in [2.75, 3.05) is 11.1 Å². The van der Waals surface area contributed by atoms with E-state index in [0.29, 0.717) is 45.1 Å². The zero-order chi connectivity index (χ0) is 20.4. The zero-order valence-corrected chi connectivity index (χ0v) is 16.1. The average Bonchev–Trinajstić information content (AvgIpc) is 2.89. The molecular weight excluding hydrogens is 368 g/mol. The van der Waals surface area contributed by atoms with Crippen LogP contribution in [0.25, 0.3) is 28.0 Å². The summed E-state index contributed by atoms with van der Waals surface area (Å²) in [7, 11) is 0. The molecule has 1 aromatic carbocycles. The molecule has 0 saturated heterocycles. The van der Waals surface area contributed by atoms with E-state index in [1.54, 1.807) is 30.0 Å². The summed E-state index contributed by atoms with van der Waals surface area (Å²) < 4.78 is 1.74. The molecule has 0 unspecified atom stereocenters. The highest BCUT2D eigenvalue weighted by atomic mass is 16.3. The Morgan fingerprint density at radius 3 is 2.72 bits per heavy atom. The van der Waals surface area contributed by atoms with E-state index in [1.165, 1.54) is 0 Å². The third-order valence-corrected chi connectivity index (χ3v) is 5.34. The number of pyridine rings is 1. The van der Waals surface area contributed by atoms with Gasteiger partial charge in [0.25, 0.3) is 5.91 Å². The van der Waals surface area contributed by atoms with Crippen LogP contribution in [0.15, 0.2) is 30.6 Å². The number of anilines is 2. The molecule has 1 aliphatic heterocycles. The number of nitrogen functional groups attached to an aromatic ring is 1. The number of hydrogen-bond donors (Lipinski definition) is 3. The lowest BCUT2D eigenvalue weighted by molar-refractivity contribution is 0.102. The van der Waals surface area contributed by atoms with E-state index in [2.05, 4.69) is 20.3 Å². The molecule has 0 bridgehead atoms. The normalized spacial score (nSPS) is 12.6. The number of phenols is 1. The summed E-state index contributed by atoms with van der Waals surface area (Å²) in [4.78, 5) is 26.5. The number of carbonyl (C=O) groups excluding carboxylic acids is 1. The minimum Gasteiger partial charge on any atom is -0.508 e. The molecular formula is C21H18N6O2. The van der Waals surface area contributed by atoms with Crippen molar-refractivity contribution in [1.29, 1.82) is 0 Å². The standard InChI is InChI=1S/C21H18N6O2/c1-9-4-5-14(28)10(2)18(9)27-19(22)16-15-17(24-11(3)25-20(15)27)12-6-7-23-8-13(12)26-21(16)29/h4-8,28H,22H2,1-3H3,(H,26,29). The van der Waals surface area contributed by atoms with Crippen molar-refractivity contribution in [2.24, 2.45) is 0 Å². The van der Waals surface area contributed by atoms with Crippen LogP contribution in [0.3, 0.4) is 0 Å². The molecule has 8 heteroatoms. The number of nitrogens with two attached hydrogens (primary N) is 1. The Balaban J connectivity index is 2.00. The SMILES string of the molecule is Cc1nc2c3c(c(N)n(-c4c(C)ccc(O)c4C)c3n1)C(=O)Nc1cnccc1-2. The van der Waals surface area contributed by atoms with Gasteiger partial charge in [0, 0.05) is 17.3 Å². The van der Waals surface area contributed by atoms with E-state index < -0.39 is 0 Å². The molecule has 0 aliphatic carbocycles. The predicted molar refractivity (Wildman–Crippen MR) is 110 cm³/mol. The molecule has 0 spiro atoms. The number of rotatable bonds is 1. The van der Waals surface area contributed by atoms with Gasteiger partial charge in [0.15, 0.2) is 5.65 Å². The Morgan fingerprint density at radius 1 is 1.14 bits per heavy atom. The van der Waals surface area contributed by atoms with Crippen LogP contribution in [0, 0.1) is 20.8 Å². The van der Waals surface area contributed by atoms with E-state index in [1.807, 2.05) is 26.0 Å². The molecule has 5 rings (SSSR count). The van der Waals surface area contributed by atoms with E-state index in [0.717, 1.165) is 11.1 Å². The second kappa shape index (κ2) is 5.78. The van der Waals surface area contributed by atoms with Crippen molar-refractivity contribution in [3.05, 3.63) is 53.1 Å². The summed E-state index contributed by atoms with van der Waals surface area (Å²) in [5, 5.41) is 13.8. The maximum absolute atomic E-state index is 13.1. The third-order valence-electron chi connectivity index (χ3n) is 5.34. The van der Waals surface area contributed by atoms with Gasteiger partial charge in [-0.1, -0.05) is 6.07 Å². The van der Waals surface area contributed by atoms with E-state index in [9.17, 15) is 9.90 Å². The van der Waals surface area contributed by atoms with Gasteiger partial charge in [-0.25, -0.2) is 9.97 Å². The van der Waals surface area contributed by atoms with Crippen LogP contribution in [0.4, 0.5) is 11.5 Å². The topological polar surface area (TPSA) is 119 Å². The molecule has 1 amide bonds. The van der Waals surface area contributed by atoms with Crippen molar-refractivity contribution >= 4 is 28.4 Å². The van der Waals surface area contributed by atoms with Crippen molar-refractivity contribution in [2.45, 2.75) is 20.8 Å². The number of carbonyl (C=O) groups is 1. The Hall–Kier alpha value is -3.94. The van der Waals surface area contributed by atoms with Gasteiger partial charge < -0.3 is 16.2 Å². The molecule has 1 aliphatic rings. The van der Waals surface area contributed by atoms with Crippen molar-refractivity contribution in [3.8, 4) is 22.7 Å². The first-order valence-corrected chi connectivity index (χ1v) is 9.12. The van der Waals surface area contributed by atoms with Gasteiger partial charge in [-0.2, -0.15) is 0 Å². The number of benzene rings is 1. The largest absolute Gasteiger partial charge is 0.508 e. The van der Waals surface area contributed by atoms with Gasteiger partial charge in [0.1, 0.15) is 17.4 Å². The lowest BCUT2D eigenvalue weighted by Crippen LogP contribution is -2.14. The smallest absolute Gasteiger partial charge is 0.260 e. The quantitative estimate of drug-likeness (QED) is 0.462. The Bertz CT molecular complexity index is 1360. The highest BCUT2D eigenvalue weighted by Crippen LogP contribution is 2.42. The molecule has 144 valence electrons. The number of aromatic hydroxyl groups is 1. The molecule has 0 saturated carbocycles. The minimum absolute atomic E-state index is 0.146. The second-order valence-electron chi connectivity index (χ2n) is 7.16. The fraction of sp³-hybridized carbons (Fsp3) is 0.143. The summed E-state index contributed by atoms with van der Waals surface area (Å²) >= 11 is 0. The molecule has 29 heavy (non-hydrogen) atoms. The number of aromatic nitrogens is 4. The lowest BCUT2D eigenvalue weighted by atomic mass is 10.1. The monoisotopic (exact) mass is 386 g/mol. The summed E-state index contributed by atoms with van der Waals surface area (Å²) in [5.74, 6) is 0.594. The maximum atomic E-state index is 13.1. The maximum Gasteiger partial charge on any atom is 0.260 e. The van der Waals surface area contributed by atoms with Gasteiger partial charge in [0.05, 0.1) is 34.2 Å².